The lowest BCUT2D eigenvalue weighted by Crippen LogP contribution is -2.30. The molecule has 492 valence electrons. The zero-order valence-corrected chi connectivity index (χ0v) is 61.1. The summed E-state index contributed by atoms with van der Waals surface area (Å²) in [4.78, 5) is 9.04. The first-order valence-electron chi connectivity index (χ1n) is 33.3. The summed E-state index contributed by atoms with van der Waals surface area (Å²) in [5.41, 5.74) is 17.4. The molecule has 18 aromatic heterocycles. The van der Waals surface area contributed by atoms with Gasteiger partial charge in [-0.2, -0.15) is 26.4 Å². The van der Waals surface area contributed by atoms with Crippen molar-refractivity contribution in [2.24, 2.45) is 42.3 Å². The quantitative estimate of drug-likeness (QED) is 0.154. The van der Waals surface area contributed by atoms with Gasteiger partial charge in [-0.1, -0.05) is 41.5 Å². The van der Waals surface area contributed by atoms with Gasteiger partial charge in [-0.05, 0) is 91.9 Å². The van der Waals surface area contributed by atoms with Gasteiger partial charge in [-0.25, -0.2) is 37.4 Å². The van der Waals surface area contributed by atoms with Crippen LogP contribution in [0, 0.1) is 41.5 Å². The zero-order valence-electron chi connectivity index (χ0n) is 58.7. The van der Waals surface area contributed by atoms with Crippen molar-refractivity contribution in [3.8, 4) is 0 Å². The number of aromatic nitrogens is 14. The molecular formula is C76H88N14O3S3+6. The molecule has 18 heterocycles. The van der Waals surface area contributed by atoms with E-state index >= 15 is 0 Å². The van der Waals surface area contributed by atoms with Gasteiger partial charge in [-0.3, -0.25) is 0 Å². The van der Waals surface area contributed by atoms with Gasteiger partial charge in [0.2, 0.25) is 11.0 Å². The van der Waals surface area contributed by atoms with E-state index in [1.54, 1.807) is 11.3 Å². The Morgan fingerprint density at radius 1 is 0.385 bits per heavy atom. The number of fused-ring (bicyclic) bond motifs is 18. The predicted molar refractivity (Wildman–Crippen MR) is 387 cm³/mol. The van der Waals surface area contributed by atoms with Crippen LogP contribution in [-0.2, 0) is 80.8 Å². The average molecular weight is 1340 g/mol. The molecule has 0 bridgehead atoms. The molecule has 18 aromatic rings. The van der Waals surface area contributed by atoms with Crippen LogP contribution in [0.5, 0.6) is 0 Å². The number of imidazole rings is 6. The lowest BCUT2D eigenvalue weighted by atomic mass is 10.2. The number of pyridine rings is 6. The van der Waals surface area contributed by atoms with Crippen LogP contribution in [0.3, 0.4) is 0 Å². The number of hydrogen-bond donors (Lipinski definition) is 0. The topological polar surface area (TPSA) is 115 Å². The Morgan fingerprint density at radius 2 is 0.812 bits per heavy atom. The number of furan rings is 2. The van der Waals surface area contributed by atoms with Crippen molar-refractivity contribution in [3.63, 3.8) is 0 Å². The van der Waals surface area contributed by atoms with E-state index in [0.29, 0.717) is 5.89 Å². The van der Waals surface area contributed by atoms with Crippen molar-refractivity contribution in [3.05, 3.63) is 202 Å². The van der Waals surface area contributed by atoms with Crippen LogP contribution in [0.1, 0.15) is 110 Å². The highest BCUT2D eigenvalue weighted by Crippen LogP contribution is 2.32. The van der Waals surface area contributed by atoms with Gasteiger partial charge in [0.25, 0.3) is 34.9 Å². The van der Waals surface area contributed by atoms with Gasteiger partial charge in [0.05, 0.1) is 99.4 Å². The molecular weight excluding hydrogens is 1250 g/mol. The van der Waals surface area contributed by atoms with Gasteiger partial charge in [-0.15, -0.1) is 34.0 Å². The Balaban J connectivity index is 0.000000104. The van der Waals surface area contributed by atoms with E-state index in [2.05, 4.69) is 285 Å². The smallest absolute Gasteiger partial charge is 0.261 e. The highest BCUT2D eigenvalue weighted by atomic mass is 32.1. The SMILES string of the molecule is CCc1n2ccc3c(C)coc3c2c[n+]1C.CCc1n2ccc3c(C)csc3c2c[n+]1C.CCc1n2ccc3oc(C)nc3c2c[n+]1C.CCc1n2ccc3occ(C)c3c2c[n+]1C.CCc1n2ccc3sc(C)nc3c2c[n+]1C.CCc1n2ccc3scc(C)c3c2c[n+]1C. The summed E-state index contributed by atoms with van der Waals surface area (Å²) < 4.78 is 47.3. The molecule has 18 rings (SSSR count). The maximum atomic E-state index is 5.64. The van der Waals surface area contributed by atoms with Crippen LogP contribution < -0.4 is 27.4 Å². The molecule has 0 unspecified atom stereocenters. The number of rotatable bonds is 6. The summed E-state index contributed by atoms with van der Waals surface area (Å²) in [6, 6.07) is 12.7. The van der Waals surface area contributed by atoms with Gasteiger partial charge in [0.15, 0.2) is 44.6 Å². The van der Waals surface area contributed by atoms with E-state index in [1.807, 2.05) is 60.5 Å². The number of aryl methyl sites for hydroxylation is 18. The molecule has 20 heteroatoms. The third-order valence-electron chi connectivity index (χ3n) is 18.8. The molecule has 0 fully saturated rings. The van der Waals surface area contributed by atoms with E-state index in [0.717, 1.165) is 82.3 Å². The summed E-state index contributed by atoms with van der Waals surface area (Å²) in [6.45, 7) is 25.5. The first-order valence-corrected chi connectivity index (χ1v) is 35.8. The molecule has 0 saturated heterocycles. The summed E-state index contributed by atoms with van der Waals surface area (Å²) in [5, 5.41) is 10.8. The molecule has 0 aliphatic heterocycles. The normalized spacial score (nSPS) is 11.7. The highest BCUT2D eigenvalue weighted by molar-refractivity contribution is 7.19. The van der Waals surface area contributed by atoms with Crippen molar-refractivity contribution in [1.82, 2.24) is 36.4 Å². The maximum absolute atomic E-state index is 5.64. The lowest BCUT2D eigenvalue weighted by Gasteiger charge is -1.94. The molecule has 0 spiro atoms. The number of oxazole rings is 1. The fraction of sp³-hybridized carbons (Fsp3) is 0.316. The fourth-order valence-electron chi connectivity index (χ4n) is 14.2. The van der Waals surface area contributed by atoms with Crippen LogP contribution in [0.4, 0.5) is 0 Å². The number of nitrogens with zero attached hydrogens (tertiary/aromatic N) is 14. The molecule has 0 aliphatic rings. The van der Waals surface area contributed by atoms with Crippen molar-refractivity contribution < 1.29 is 40.7 Å². The number of thiophene rings is 2. The van der Waals surface area contributed by atoms with Crippen molar-refractivity contribution in [2.45, 2.75) is 122 Å². The average Bonchev–Trinajstić information content (AvgIpc) is 1.71. The van der Waals surface area contributed by atoms with Gasteiger partial charge < -0.3 is 13.3 Å². The van der Waals surface area contributed by atoms with Gasteiger partial charge >= 0.3 is 0 Å². The van der Waals surface area contributed by atoms with E-state index in [4.69, 9.17) is 13.3 Å². The first kappa shape index (κ1) is 65.2. The monoisotopic (exact) mass is 1340 g/mol. The Bertz CT molecular complexity index is 5460. The molecule has 0 atom stereocenters. The Morgan fingerprint density at radius 3 is 1.39 bits per heavy atom. The largest absolute Gasteiger partial charge is 0.464 e. The van der Waals surface area contributed by atoms with Gasteiger partial charge in [0, 0.05) is 78.4 Å². The molecule has 96 heavy (non-hydrogen) atoms. The van der Waals surface area contributed by atoms with E-state index < -0.39 is 0 Å². The fourth-order valence-corrected chi connectivity index (χ4v) is 17.1. The van der Waals surface area contributed by atoms with Crippen LogP contribution in [0.25, 0.3) is 96.5 Å². The Kier molecular flexibility index (Phi) is 17.8. The molecule has 0 N–H and O–H groups in total. The highest BCUT2D eigenvalue weighted by Gasteiger charge is 2.24. The van der Waals surface area contributed by atoms with E-state index in [-0.39, 0.29) is 0 Å². The number of hydrogen-bond acceptors (Lipinski definition) is 8. The molecule has 17 nitrogen and oxygen atoms in total. The summed E-state index contributed by atoms with van der Waals surface area (Å²) >= 11 is 5.43. The molecule has 0 radical (unpaired) electrons. The van der Waals surface area contributed by atoms with Crippen LogP contribution >= 0.6 is 34.0 Å². The van der Waals surface area contributed by atoms with Crippen LogP contribution in [0.15, 0.2) is 147 Å². The van der Waals surface area contributed by atoms with Crippen molar-refractivity contribution in [1.29, 1.82) is 0 Å². The van der Waals surface area contributed by atoms with Crippen LogP contribution in [0.2, 0.25) is 0 Å². The minimum atomic E-state index is 0.713. The summed E-state index contributed by atoms with van der Waals surface area (Å²) in [6.07, 6.45) is 35.6. The van der Waals surface area contributed by atoms with E-state index in [1.165, 1.54) is 115 Å². The van der Waals surface area contributed by atoms with Gasteiger partial charge in [0.1, 0.15) is 60.7 Å². The Labute approximate surface area is 570 Å². The van der Waals surface area contributed by atoms with E-state index in [9.17, 15) is 0 Å². The molecule has 0 aromatic carbocycles. The zero-order chi connectivity index (χ0) is 67.7. The minimum absolute atomic E-state index is 0.713. The second kappa shape index (κ2) is 26.3. The molecule has 0 saturated carbocycles. The molecule has 0 aliphatic carbocycles. The summed E-state index contributed by atoms with van der Waals surface area (Å²) in [5.74, 6) is 8.57. The first-order chi connectivity index (χ1) is 46.3. The standard InChI is InChI=1S/2C13H15N2O.2C13H15N2S.C12H14N3O.C12H14N3S/c1-4-12-14(3)7-10-13-9(2)8-16-11(13)5-6-15(10)12;1-4-12-14(3)7-11-13-10(5-6-15(11)12)9(2)8-16-13;1-4-12-14(3)7-10-13-9(2)8-16-11(13)5-6-15(10)12;1-4-12-14(3)7-11-13-10(5-6-15(11)12)9(2)8-16-13;2*1-4-11-14(3)7-9-12-10(5-6-15(9)11)16-8(2)13-12/h4*5-8H,4H2,1-3H3;2*5-7H,4H2,1-3H3/q6*+1. The maximum Gasteiger partial charge on any atom is 0.261 e. The predicted octanol–water partition coefficient (Wildman–Crippen LogP) is 14.5. The third-order valence-corrected chi connectivity index (χ3v) is 21.9. The van der Waals surface area contributed by atoms with Crippen molar-refractivity contribution >= 4 is 131 Å². The molecule has 0 amide bonds. The lowest BCUT2D eigenvalue weighted by molar-refractivity contribution is -0.677. The number of thiazole rings is 1. The van der Waals surface area contributed by atoms with Crippen molar-refractivity contribution in [2.75, 3.05) is 0 Å². The Hall–Kier alpha value is -9.50. The third kappa shape index (κ3) is 11.3. The second-order valence-electron chi connectivity index (χ2n) is 25.0. The second-order valence-corrected chi connectivity index (χ2v) is 28.0. The summed E-state index contributed by atoms with van der Waals surface area (Å²) in [7, 11) is 12.6. The minimum Gasteiger partial charge on any atom is -0.464 e. The van der Waals surface area contributed by atoms with Crippen LogP contribution in [-0.4, -0.2) is 36.4 Å².